The summed E-state index contributed by atoms with van der Waals surface area (Å²) in [7, 11) is 0. The lowest BCUT2D eigenvalue weighted by Crippen LogP contribution is -2.45. The number of nitrogens with zero attached hydrogens (tertiary/aromatic N) is 1. The number of carbonyl (C=O) groups excluding carboxylic acids is 1. The maximum atomic E-state index is 12.6. The van der Waals surface area contributed by atoms with E-state index in [0.717, 1.165) is 18.5 Å². The second-order valence-electron chi connectivity index (χ2n) is 5.67. The van der Waals surface area contributed by atoms with Gasteiger partial charge in [-0.05, 0) is 24.3 Å². The molecule has 1 amide bonds. The normalized spacial score (nSPS) is 23.9. The fourth-order valence-electron chi connectivity index (χ4n) is 2.96. The summed E-state index contributed by atoms with van der Waals surface area (Å²) >= 11 is 0. The Hall–Kier alpha value is -1.39. The van der Waals surface area contributed by atoms with E-state index in [9.17, 15) is 9.90 Å². The molecule has 3 atom stereocenters. The lowest BCUT2D eigenvalue weighted by Gasteiger charge is -2.29. The summed E-state index contributed by atoms with van der Waals surface area (Å²) in [6.45, 7) is 3.20. The minimum atomic E-state index is -0.197. The Balaban J connectivity index is 2.06. The van der Waals surface area contributed by atoms with Gasteiger partial charge in [0, 0.05) is 13.1 Å². The smallest absolute Gasteiger partial charge is 0.227 e. The Bertz CT molecular complexity index is 435. The van der Waals surface area contributed by atoms with E-state index in [2.05, 4.69) is 6.92 Å². The number of aliphatic hydroxyl groups is 1. The van der Waals surface area contributed by atoms with E-state index < -0.39 is 0 Å². The molecule has 1 aliphatic heterocycles. The van der Waals surface area contributed by atoms with Gasteiger partial charge in [0.15, 0.2) is 0 Å². The Morgan fingerprint density at radius 2 is 2.15 bits per heavy atom. The standard InChI is InChI=1S/C16H24N2O2/c1-12-7-8-18(15(12)11-19)16(20)14(10-17)9-13-5-3-2-4-6-13/h2-6,12,14-15,19H,7-11,17H2,1H3. The number of likely N-dealkylation sites (tertiary alicyclic amines) is 1. The van der Waals surface area contributed by atoms with E-state index in [4.69, 9.17) is 5.73 Å². The van der Waals surface area contributed by atoms with Crippen molar-refractivity contribution in [2.24, 2.45) is 17.6 Å². The van der Waals surface area contributed by atoms with Crippen LogP contribution >= 0.6 is 0 Å². The minimum absolute atomic E-state index is 0.0372. The topological polar surface area (TPSA) is 66.6 Å². The molecule has 4 nitrogen and oxygen atoms in total. The van der Waals surface area contributed by atoms with Gasteiger partial charge in [-0.2, -0.15) is 0 Å². The van der Waals surface area contributed by atoms with Gasteiger partial charge in [-0.25, -0.2) is 0 Å². The van der Waals surface area contributed by atoms with Crippen molar-refractivity contribution in [3.8, 4) is 0 Å². The zero-order valence-corrected chi connectivity index (χ0v) is 12.0. The van der Waals surface area contributed by atoms with E-state index >= 15 is 0 Å². The molecule has 20 heavy (non-hydrogen) atoms. The highest BCUT2D eigenvalue weighted by Crippen LogP contribution is 2.25. The Kier molecular flexibility index (Phi) is 5.15. The molecule has 1 saturated heterocycles. The van der Waals surface area contributed by atoms with Gasteiger partial charge in [0.1, 0.15) is 0 Å². The number of aliphatic hydroxyl groups excluding tert-OH is 1. The largest absolute Gasteiger partial charge is 0.394 e. The maximum Gasteiger partial charge on any atom is 0.227 e. The molecule has 3 unspecified atom stereocenters. The molecule has 2 rings (SSSR count). The molecule has 3 N–H and O–H groups in total. The molecule has 4 heteroatoms. The number of hydrogen-bond acceptors (Lipinski definition) is 3. The van der Waals surface area contributed by atoms with Crippen LogP contribution in [0.4, 0.5) is 0 Å². The molecule has 0 saturated carbocycles. The summed E-state index contributed by atoms with van der Waals surface area (Å²) in [5.74, 6) is 0.246. The zero-order chi connectivity index (χ0) is 14.5. The summed E-state index contributed by atoms with van der Waals surface area (Å²) in [5, 5.41) is 9.47. The molecular formula is C16H24N2O2. The van der Waals surface area contributed by atoms with Gasteiger partial charge < -0.3 is 15.7 Å². The first-order valence-electron chi connectivity index (χ1n) is 7.32. The van der Waals surface area contributed by atoms with Crippen molar-refractivity contribution in [3.05, 3.63) is 35.9 Å². The number of benzene rings is 1. The summed E-state index contributed by atoms with van der Waals surface area (Å²) in [6, 6.07) is 9.90. The van der Waals surface area contributed by atoms with Crippen LogP contribution in [0.3, 0.4) is 0 Å². The highest BCUT2D eigenvalue weighted by atomic mass is 16.3. The van der Waals surface area contributed by atoms with Crippen LogP contribution in [0.1, 0.15) is 18.9 Å². The second-order valence-corrected chi connectivity index (χ2v) is 5.67. The molecule has 0 bridgehead atoms. The van der Waals surface area contributed by atoms with Crippen LogP contribution in [-0.2, 0) is 11.2 Å². The number of carbonyl (C=O) groups is 1. The first-order valence-corrected chi connectivity index (χ1v) is 7.32. The number of hydrogen-bond donors (Lipinski definition) is 2. The van der Waals surface area contributed by atoms with Gasteiger partial charge in [0.05, 0.1) is 18.6 Å². The molecule has 1 fully saturated rings. The third-order valence-corrected chi connectivity index (χ3v) is 4.31. The van der Waals surface area contributed by atoms with Crippen LogP contribution in [0.5, 0.6) is 0 Å². The van der Waals surface area contributed by atoms with Gasteiger partial charge in [-0.1, -0.05) is 37.3 Å². The van der Waals surface area contributed by atoms with E-state index in [-0.39, 0.29) is 24.5 Å². The lowest BCUT2D eigenvalue weighted by molar-refractivity contribution is -0.137. The minimum Gasteiger partial charge on any atom is -0.394 e. The van der Waals surface area contributed by atoms with Crippen molar-refractivity contribution in [2.45, 2.75) is 25.8 Å². The lowest BCUT2D eigenvalue weighted by atomic mass is 9.97. The van der Waals surface area contributed by atoms with Crippen molar-refractivity contribution < 1.29 is 9.90 Å². The number of rotatable bonds is 5. The SMILES string of the molecule is CC1CCN(C(=O)C(CN)Cc2ccccc2)C1CO. The summed E-state index contributed by atoms with van der Waals surface area (Å²) < 4.78 is 0. The first-order chi connectivity index (χ1) is 9.67. The Morgan fingerprint density at radius 1 is 1.45 bits per heavy atom. The molecule has 1 aromatic rings. The zero-order valence-electron chi connectivity index (χ0n) is 12.0. The van der Waals surface area contributed by atoms with Gasteiger partial charge in [-0.15, -0.1) is 0 Å². The highest BCUT2D eigenvalue weighted by Gasteiger charge is 2.36. The summed E-state index contributed by atoms with van der Waals surface area (Å²) in [6.07, 6.45) is 1.62. The molecule has 0 aromatic heterocycles. The van der Waals surface area contributed by atoms with Gasteiger partial charge in [-0.3, -0.25) is 4.79 Å². The van der Waals surface area contributed by atoms with Gasteiger partial charge >= 0.3 is 0 Å². The van der Waals surface area contributed by atoms with Crippen LogP contribution < -0.4 is 5.73 Å². The average Bonchev–Trinajstić information content (AvgIpc) is 2.86. The van der Waals surface area contributed by atoms with Gasteiger partial charge in [0.2, 0.25) is 5.91 Å². The average molecular weight is 276 g/mol. The first kappa shape index (κ1) is 15.0. The Morgan fingerprint density at radius 3 is 2.75 bits per heavy atom. The molecule has 0 aliphatic carbocycles. The van der Waals surface area contributed by atoms with Crippen LogP contribution in [-0.4, -0.2) is 41.7 Å². The predicted molar refractivity (Wildman–Crippen MR) is 79.1 cm³/mol. The van der Waals surface area contributed by atoms with E-state index in [1.807, 2.05) is 35.2 Å². The van der Waals surface area contributed by atoms with Crippen LogP contribution in [0, 0.1) is 11.8 Å². The highest BCUT2D eigenvalue weighted by molar-refractivity contribution is 5.80. The monoisotopic (exact) mass is 276 g/mol. The maximum absolute atomic E-state index is 12.6. The van der Waals surface area contributed by atoms with E-state index in [0.29, 0.717) is 18.9 Å². The van der Waals surface area contributed by atoms with Crippen molar-refractivity contribution >= 4 is 5.91 Å². The van der Waals surface area contributed by atoms with E-state index in [1.165, 1.54) is 0 Å². The van der Waals surface area contributed by atoms with E-state index in [1.54, 1.807) is 0 Å². The Labute approximate surface area is 120 Å². The van der Waals surface area contributed by atoms with Crippen molar-refractivity contribution in [2.75, 3.05) is 19.7 Å². The fourth-order valence-corrected chi connectivity index (χ4v) is 2.96. The van der Waals surface area contributed by atoms with Gasteiger partial charge in [0.25, 0.3) is 0 Å². The quantitative estimate of drug-likeness (QED) is 0.844. The molecule has 1 aliphatic rings. The number of amides is 1. The third-order valence-electron chi connectivity index (χ3n) is 4.31. The summed E-state index contributed by atoms with van der Waals surface area (Å²) in [4.78, 5) is 14.5. The van der Waals surface area contributed by atoms with Crippen molar-refractivity contribution in [1.29, 1.82) is 0 Å². The van der Waals surface area contributed by atoms with Crippen molar-refractivity contribution in [3.63, 3.8) is 0 Å². The molecule has 1 heterocycles. The number of nitrogens with two attached hydrogens (primary N) is 1. The molecule has 1 aromatic carbocycles. The van der Waals surface area contributed by atoms with Crippen LogP contribution in [0.25, 0.3) is 0 Å². The third kappa shape index (κ3) is 3.19. The predicted octanol–water partition coefficient (Wildman–Crippen LogP) is 1.03. The van der Waals surface area contributed by atoms with Crippen LogP contribution in [0.2, 0.25) is 0 Å². The fraction of sp³-hybridized carbons (Fsp3) is 0.562. The molecule has 0 spiro atoms. The molecule has 110 valence electrons. The summed E-state index contributed by atoms with van der Waals surface area (Å²) in [5.41, 5.74) is 6.93. The molecular weight excluding hydrogens is 252 g/mol. The van der Waals surface area contributed by atoms with Crippen molar-refractivity contribution in [1.82, 2.24) is 4.90 Å². The second kappa shape index (κ2) is 6.86. The van der Waals surface area contributed by atoms with Crippen LogP contribution in [0.15, 0.2) is 30.3 Å². The molecule has 0 radical (unpaired) electrons.